The van der Waals surface area contributed by atoms with Crippen molar-refractivity contribution in [2.45, 2.75) is 25.5 Å². The number of thioether (sulfide) groups is 1. The molecule has 0 aliphatic rings. The first kappa shape index (κ1) is 18.9. The van der Waals surface area contributed by atoms with Gasteiger partial charge in [-0.25, -0.2) is 0 Å². The predicted molar refractivity (Wildman–Crippen MR) is 103 cm³/mol. The van der Waals surface area contributed by atoms with E-state index in [-0.39, 0.29) is 5.91 Å². The van der Waals surface area contributed by atoms with Crippen molar-refractivity contribution in [1.82, 2.24) is 0 Å². The number of unbranched alkanes of at least 4 members (excludes halogenated alkanes) is 1. The highest BCUT2D eigenvalue weighted by Crippen LogP contribution is 2.17. The van der Waals surface area contributed by atoms with Crippen LogP contribution in [0, 0.1) is 11.3 Å². The predicted octanol–water partition coefficient (Wildman–Crippen LogP) is 4.61. The van der Waals surface area contributed by atoms with E-state index in [1.807, 2.05) is 36.4 Å². The number of anilines is 1. The SMILES string of the molecule is CCCCOc1ccc(NC(=O)CSCc2ccc(C#N)cc2)cc1. The molecule has 0 fully saturated rings. The summed E-state index contributed by atoms with van der Waals surface area (Å²) in [4.78, 5) is 12.0. The van der Waals surface area contributed by atoms with E-state index in [0.29, 0.717) is 17.9 Å². The van der Waals surface area contributed by atoms with Crippen LogP contribution in [0.15, 0.2) is 48.5 Å². The number of carbonyl (C=O) groups excluding carboxylic acids is 1. The van der Waals surface area contributed by atoms with E-state index in [0.717, 1.165) is 35.6 Å². The lowest BCUT2D eigenvalue weighted by molar-refractivity contribution is -0.113. The van der Waals surface area contributed by atoms with Crippen molar-refractivity contribution < 1.29 is 9.53 Å². The maximum atomic E-state index is 12.0. The topological polar surface area (TPSA) is 62.1 Å². The minimum atomic E-state index is -0.0294. The van der Waals surface area contributed by atoms with Crippen LogP contribution in [0.4, 0.5) is 5.69 Å². The van der Waals surface area contributed by atoms with E-state index in [2.05, 4.69) is 18.3 Å². The molecule has 0 heterocycles. The number of nitriles is 1. The second-order valence-corrected chi connectivity index (χ2v) is 6.56. The zero-order valence-electron chi connectivity index (χ0n) is 14.3. The molecule has 0 atom stereocenters. The van der Waals surface area contributed by atoms with Gasteiger partial charge in [0.25, 0.3) is 0 Å². The summed E-state index contributed by atoms with van der Waals surface area (Å²) >= 11 is 1.54. The van der Waals surface area contributed by atoms with Crippen molar-refractivity contribution in [2.24, 2.45) is 0 Å². The van der Waals surface area contributed by atoms with Gasteiger partial charge in [0.05, 0.1) is 24.0 Å². The summed E-state index contributed by atoms with van der Waals surface area (Å²) in [5.74, 6) is 1.91. The van der Waals surface area contributed by atoms with E-state index in [1.54, 1.807) is 23.9 Å². The standard InChI is InChI=1S/C20H22N2O2S/c1-2-3-12-24-19-10-8-18(9-11-19)22-20(23)15-25-14-17-6-4-16(13-21)5-7-17/h4-11H,2-3,12,14-15H2,1H3,(H,22,23). The first-order chi connectivity index (χ1) is 12.2. The van der Waals surface area contributed by atoms with Crippen LogP contribution in [0.25, 0.3) is 0 Å². The number of hydrogen-bond donors (Lipinski definition) is 1. The fraction of sp³-hybridized carbons (Fsp3) is 0.300. The molecule has 2 aromatic carbocycles. The molecular formula is C20H22N2O2S. The molecule has 5 heteroatoms. The van der Waals surface area contributed by atoms with Crippen LogP contribution in [0.1, 0.15) is 30.9 Å². The van der Waals surface area contributed by atoms with Crippen molar-refractivity contribution >= 4 is 23.4 Å². The second-order valence-electron chi connectivity index (χ2n) is 5.58. The van der Waals surface area contributed by atoms with Gasteiger partial charge in [-0.3, -0.25) is 4.79 Å². The lowest BCUT2D eigenvalue weighted by Gasteiger charge is -2.08. The van der Waals surface area contributed by atoms with Gasteiger partial charge >= 0.3 is 0 Å². The molecular weight excluding hydrogens is 332 g/mol. The summed E-state index contributed by atoms with van der Waals surface area (Å²) in [6.45, 7) is 2.84. The number of amides is 1. The first-order valence-electron chi connectivity index (χ1n) is 8.30. The first-order valence-corrected chi connectivity index (χ1v) is 9.46. The Hall–Kier alpha value is -2.45. The smallest absolute Gasteiger partial charge is 0.234 e. The molecule has 0 radical (unpaired) electrons. The number of nitrogens with zero attached hydrogens (tertiary/aromatic N) is 1. The molecule has 0 bridgehead atoms. The third-order valence-corrected chi connectivity index (χ3v) is 4.49. The van der Waals surface area contributed by atoms with Crippen molar-refractivity contribution in [3.05, 3.63) is 59.7 Å². The van der Waals surface area contributed by atoms with E-state index in [9.17, 15) is 4.79 Å². The Morgan fingerprint density at radius 1 is 1.16 bits per heavy atom. The van der Waals surface area contributed by atoms with Crippen LogP contribution in [-0.4, -0.2) is 18.3 Å². The van der Waals surface area contributed by atoms with Crippen LogP contribution >= 0.6 is 11.8 Å². The van der Waals surface area contributed by atoms with Crippen LogP contribution in [-0.2, 0) is 10.5 Å². The van der Waals surface area contributed by atoms with Gasteiger partial charge < -0.3 is 10.1 Å². The second kappa shape index (κ2) is 10.4. The van der Waals surface area contributed by atoms with Crippen LogP contribution in [0.2, 0.25) is 0 Å². The monoisotopic (exact) mass is 354 g/mol. The molecule has 2 aromatic rings. The van der Waals surface area contributed by atoms with Crippen molar-refractivity contribution in [3.8, 4) is 11.8 Å². The van der Waals surface area contributed by atoms with Gasteiger partial charge in [-0.1, -0.05) is 25.5 Å². The molecule has 25 heavy (non-hydrogen) atoms. The van der Waals surface area contributed by atoms with Gasteiger partial charge in [-0.15, -0.1) is 11.8 Å². The maximum absolute atomic E-state index is 12.0. The van der Waals surface area contributed by atoms with Gasteiger partial charge in [0.2, 0.25) is 5.91 Å². The number of carbonyl (C=O) groups is 1. The van der Waals surface area contributed by atoms with Crippen molar-refractivity contribution in [2.75, 3.05) is 17.7 Å². The summed E-state index contributed by atoms with van der Waals surface area (Å²) in [6.07, 6.45) is 2.14. The van der Waals surface area contributed by atoms with Crippen molar-refractivity contribution in [3.63, 3.8) is 0 Å². The minimum Gasteiger partial charge on any atom is -0.494 e. The Kier molecular flexibility index (Phi) is 7.87. The average Bonchev–Trinajstić information content (AvgIpc) is 2.64. The number of rotatable bonds is 9. The third kappa shape index (κ3) is 6.90. The molecule has 0 aliphatic heterocycles. The number of ether oxygens (including phenoxy) is 1. The van der Waals surface area contributed by atoms with E-state index in [4.69, 9.17) is 10.00 Å². The van der Waals surface area contributed by atoms with Gasteiger partial charge in [-0.2, -0.15) is 5.26 Å². The van der Waals surface area contributed by atoms with Crippen molar-refractivity contribution in [1.29, 1.82) is 5.26 Å². The van der Waals surface area contributed by atoms with E-state index < -0.39 is 0 Å². The Balaban J connectivity index is 1.71. The molecule has 4 nitrogen and oxygen atoms in total. The highest BCUT2D eigenvalue weighted by molar-refractivity contribution is 7.99. The summed E-state index contributed by atoms with van der Waals surface area (Å²) in [6, 6.07) is 17.0. The molecule has 2 rings (SSSR count). The Labute approximate surface area is 153 Å². The van der Waals surface area contributed by atoms with Crippen LogP contribution in [0.5, 0.6) is 5.75 Å². The fourth-order valence-corrected chi connectivity index (χ4v) is 2.89. The summed E-state index contributed by atoms with van der Waals surface area (Å²) in [7, 11) is 0. The van der Waals surface area contributed by atoms with E-state index >= 15 is 0 Å². The zero-order valence-corrected chi connectivity index (χ0v) is 15.1. The minimum absolute atomic E-state index is 0.0294. The average molecular weight is 354 g/mol. The molecule has 0 saturated heterocycles. The Morgan fingerprint density at radius 3 is 2.52 bits per heavy atom. The zero-order chi connectivity index (χ0) is 17.9. The quantitative estimate of drug-likeness (QED) is 0.668. The summed E-state index contributed by atoms with van der Waals surface area (Å²) in [5, 5.41) is 11.7. The molecule has 130 valence electrons. The Morgan fingerprint density at radius 2 is 1.88 bits per heavy atom. The van der Waals surface area contributed by atoms with E-state index in [1.165, 1.54) is 0 Å². The molecule has 0 aromatic heterocycles. The molecule has 0 unspecified atom stereocenters. The van der Waals surface area contributed by atoms with Gasteiger partial charge in [0.15, 0.2) is 0 Å². The maximum Gasteiger partial charge on any atom is 0.234 e. The molecule has 1 amide bonds. The third-order valence-electron chi connectivity index (χ3n) is 3.49. The number of benzene rings is 2. The highest BCUT2D eigenvalue weighted by Gasteiger charge is 2.04. The Bertz CT molecular complexity index is 706. The molecule has 0 saturated carbocycles. The number of hydrogen-bond acceptors (Lipinski definition) is 4. The molecule has 1 N–H and O–H groups in total. The lowest BCUT2D eigenvalue weighted by atomic mass is 10.2. The molecule has 0 aliphatic carbocycles. The van der Waals surface area contributed by atoms with Crippen LogP contribution < -0.4 is 10.1 Å². The summed E-state index contributed by atoms with van der Waals surface area (Å²) in [5.41, 5.74) is 2.52. The van der Waals surface area contributed by atoms with Gasteiger partial charge in [0, 0.05) is 11.4 Å². The fourth-order valence-electron chi connectivity index (χ4n) is 2.10. The normalized spacial score (nSPS) is 10.1. The van der Waals surface area contributed by atoms with Gasteiger partial charge in [0.1, 0.15) is 5.75 Å². The summed E-state index contributed by atoms with van der Waals surface area (Å²) < 4.78 is 5.60. The number of nitrogens with one attached hydrogen (secondary N) is 1. The lowest BCUT2D eigenvalue weighted by Crippen LogP contribution is -2.14. The van der Waals surface area contributed by atoms with Gasteiger partial charge in [-0.05, 0) is 48.4 Å². The highest BCUT2D eigenvalue weighted by atomic mass is 32.2. The molecule has 0 spiro atoms. The van der Waals surface area contributed by atoms with Crippen LogP contribution in [0.3, 0.4) is 0 Å². The largest absolute Gasteiger partial charge is 0.494 e.